The number of ether oxygens (including phenoxy) is 1. The Labute approximate surface area is 92.5 Å². The lowest BCUT2D eigenvalue weighted by atomic mass is 10.1. The number of esters is 1. The molecule has 0 aromatic heterocycles. The highest BCUT2D eigenvalue weighted by Gasteiger charge is 2.37. The van der Waals surface area contributed by atoms with E-state index in [1.807, 2.05) is 0 Å². The summed E-state index contributed by atoms with van der Waals surface area (Å²) in [4.78, 5) is 10.8. The average Bonchev–Trinajstić information content (AvgIpc) is 2.28. The van der Waals surface area contributed by atoms with E-state index in [2.05, 4.69) is 4.74 Å². The van der Waals surface area contributed by atoms with E-state index >= 15 is 0 Å². The molecule has 0 radical (unpaired) electrons. The summed E-state index contributed by atoms with van der Waals surface area (Å²) in [6.45, 7) is 1.52. The lowest BCUT2D eigenvalue weighted by Crippen LogP contribution is -2.27. The van der Waals surface area contributed by atoms with E-state index in [-0.39, 0.29) is 0 Å². The lowest BCUT2D eigenvalue weighted by Gasteiger charge is -2.10. The van der Waals surface area contributed by atoms with Gasteiger partial charge in [-0.15, -0.1) is 0 Å². The lowest BCUT2D eigenvalue weighted by molar-refractivity contribution is -0.161. The van der Waals surface area contributed by atoms with Crippen molar-refractivity contribution in [2.75, 3.05) is 7.11 Å². The van der Waals surface area contributed by atoms with Crippen LogP contribution in [0.3, 0.4) is 0 Å². The van der Waals surface area contributed by atoms with Crippen molar-refractivity contribution in [1.29, 1.82) is 0 Å². The predicted octanol–water partition coefficient (Wildman–Crippen LogP) is 2.90. The highest BCUT2D eigenvalue weighted by molar-refractivity contribution is 5.82. The molecule has 1 rings (SSSR count). The minimum absolute atomic E-state index is 0.330. The van der Waals surface area contributed by atoms with Gasteiger partial charge in [0.2, 0.25) is 0 Å². The van der Waals surface area contributed by atoms with Crippen molar-refractivity contribution < 1.29 is 18.3 Å². The van der Waals surface area contributed by atoms with Crippen molar-refractivity contribution >= 4 is 11.5 Å². The standard InChI is InChI=1S/C12H12F2O2/c1-9(10-6-4-3-5-7-10)8-12(13,14)11(15)16-2/h3-8H,1-2H3/b9-8+. The molecule has 0 fully saturated rings. The van der Waals surface area contributed by atoms with Crippen LogP contribution in [0, 0.1) is 0 Å². The van der Waals surface area contributed by atoms with Crippen LogP contribution in [0.15, 0.2) is 36.4 Å². The summed E-state index contributed by atoms with van der Waals surface area (Å²) >= 11 is 0. The maximum Gasteiger partial charge on any atom is 0.381 e. The molecule has 0 saturated carbocycles. The number of benzene rings is 1. The molecule has 4 heteroatoms. The molecule has 0 heterocycles. The Morgan fingerprint density at radius 1 is 1.31 bits per heavy atom. The van der Waals surface area contributed by atoms with Gasteiger partial charge >= 0.3 is 11.9 Å². The van der Waals surface area contributed by atoms with Gasteiger partial charge in [0, 0.05) is 0 Å². The summed E-state index contributed by atoms with van der Waals surface area (Å²) < 4.78 is 30.4. The van der Waals surface area contributed by atoms with Crippen LogP contribution >= 0.6 is 0 Å². The second-order valence-electron chi connectivity index (χ2n) is 3.31. The number of alkyl halides is 2. The van der Waals surface area contributed by atoms with Crippen LogP contribution < -0.4 is 0 Å². The molecular weight excluding hydrogens is 214 g/mol. The third kappa shape index (κ3) is 2.89. The molecule has 86 valence electrons. The molecule has 1 aromatic rings. The molecule has 0 unspecified atom stereocenters. The number of hydrogen-bond donors (Lipinski definition) is 0. The van der Waals surface area contributed by atoms with E-state index in [1.165, 1.54) is 6.92 Å². The van der Waals surface area contributed by atoms with Gasteiger partial charge in [-0.05, 0) is 24.1 Å². The zero-order chi connectivity index (χ0) is 12.2. The fourth-order valence-corrected chi connectivity index (χ4v) is 1.25. The Bertz CT molecular complexity index is 397. The first-order valence-electron chi connectivity index (χ1n) is 4.68. The largest absolute Gasteiger partial charge is 0.464 e. The predicted molar refractivity (Wildman–Crippen MR) is 57.1 cm³/mol. The summed E-state index contributed by atoms with van der Waals surface area (Å²) in [5.41, 5.74) is 0.974. The minimum Gasteiger partial charge on any atom is -0.464 e. The van der Waals surface area contributed by atoms with Crippen LogP contribution in [0.25, 0.3) is 5.57 Å². The van der Waals surface area contributed by atoms with E-state index in [1.54, 1.807) is 30.3 Å². The summed E-state index contributed by atoms with van der Waals surface area (Å²) in [7, 11) is 0.932. The van der Waals surface area contributed by atoms with Gasteiger partial charge in [-0.3, -0.25) is 0 Å². The number of rotatable bonds is 3. The second-order valence-corrected chi connectivity index (χ2v) is 3.31. The topological polar surface area (TPSA) is 26.3 Å². The summed E-state index contributed by atoms with van der Waals surface area (Å²) in [6, 6.07) is 8.65. The van der Waals surface area contributed by atoms with E-state index in [0.29, 0.717) is 17.2 Å². The Morgan fingerprint density at radius 3 is 2.38 bits per heavy atom. The highest BCUT2D eigenvalue weighted by Crippen LogP contribution is 2.23. The van der Waals surface area contributed by atoms with Gasteiger partial charge in [0.1, 0.15) is 0 Å². The van der Waals surface area contributed by atoms with E-state index in [9.17, 15) is 13.6 Å². The van der Waals surface area contributed by atoms with E-state index < -0.39 is 11.9 Å². The van der Waals surface area contributed by atoms with Gasteiger partial charge in [-0.1, -0.05) is 30.3 Å². The third-order valence-electron chi connectivity index (χ3n) is 2.08. The van der Waals surface area contributed by atoms with Gasteiger partial charge in [0.25, 0.3) is 0 Å². The van der Waals surface area contributed by atoms with Crippen LogP contribution in [0.1, 0.15) is 12.5 Å². The summed E-state index contributed by atoms with van der Waals surface area (Å²) in [5, 5.41) is 0. The van der Waals surface area contributed by atoms with Crippen LogP contribution in [0.4, 0.5) is 8.78 Å². The number of halogens is 2. The van der Waals surface area contributed by atoms with Crippen molar-refractivity contribution in [2.24, 2.45) is 0 Å². The fourth-order valence-electron chi connectivity index (χ4n) is 1.25. The van der Waals surface area contributed by atoms with Crippen LogP contribution in [-0.4, -0.2) is 19.0 Å². The maximum absolute atomic E-state index is 13.2. The van der Waals surface area contributed by atoms with Gasteiger partial charge < -0.3 is 4.74 Å². The molecule has 2 nitrogen and oxygen atoms in total. The fraction of sp³-hybridized carbons (Fsp3) is 0.250. The number of carbonyl (C=O) groups excluding carboxylic acids is 1. The van der Waals surface area contributed by atoms with E-state index in [0.717, 1.165) is 7.11 Å². The molecule has 0 atom stereocenters. The Kier molecular flexibility index (Phi) is 3.77. The molecule has 0 aliphatic rings. The number of carbonyl (C=O) groups is 1. The molecule has 0 bridgehead atoms. The zero-order valence-electron chi connectivity index (χ0n) is 9.04. The Morgan fingerprint density at radius 2 is 1.88 bits per heavy atom. The van der Waals surface area contributed by atoms with Gasteiger partial charge in [0.05, 0.1) is 7.11 Å². The van der Waals surface area contributed by atoms with Crippen LogP contribution in [0.5, 0.6) is 0 Å². The monoisotopic (exact) mass is 226 g/mol. The number of methoxy groups -OCH3 is 1. The molecular formula is C12H12F2O2. The SMILES string of the molecule is COC(=O)C(F)(F)/C=C(\C)c1ccccc1. The van der Waals surface area contributed by atoms with Crippen molar-refractivity contribution in [3.63, 3.8) is 0 Å². The first-order valence-corrected chi connectivity index (χ1v) is 4.68. The molecule has 16 heavy (non-hydrogen) atoms. The van der Waals surface area contributed by atoms with Gasteiger partial charge in [0.15, 0.2) is 0 Å². The molecule has 0 aliphatic heterocycles. The van der Waals surface area contributed by atoms with Crippen molar-refractivity contribution in [2.45, 2.75) is 12.8 Å². The smallest absolute Gasteiger partial charge is 0.381 e. The molecule has 0 saturated heterocycles. The normalized spacial score (nSPS) is 12.4. The zero-order valence-corrected chi connectivity index (χ0v) is 9.04. The Balaban J connectivity index is 2.97. The van der Waals surface area contributed by atoms with Crippen molar-refractivity contribution in [3.05, 3.63) is 42.0 Å². The molecule has 0 amide bonds. The summed E-state index contributed by atoms with van der Waals surface area (Å²) in [6.07, 6.45) is 0.605. The quantitative estimate of drug-likeness (QED) is 0.741. The van der Waals surface area contributed by atoms with Crippen LogP contribution in [-0.2, 0) is 9.53 Å². The first-order chi connectivity index (χ1) is 7.47. The van der Waals surface area contributed by atoms with Crippen molar-refractivity contribution in [3.8, 4) is 0 Å². The van der Waals surface area contributed by atoms with Crippen LogP contribution in [0.2, 0.25) is 0 Å². The number of hydrogen-bond acceptors (Lipinski definition) is 2. The number of allylic oxidation sites excluding steroid dienone is 1. The first kappa shape index (κ1) is 12.4. The summed E-state index contributed by atoms with van der Waals surface area (Å²) in [5.74, 6) is -5.14. The molecule has 1 aromatic carbocycles. The average molecular weight is 226 g/mol. The second kappa shape index (κ2) is 4.88. The highest BCUT2D eigenvalue weighted by atomic mass is 19.3. The molecule has 0 aliphatic carbocycles. The Hall–Kier alpha value is -1.71. The van der Waals surface area contributed by atoms with Gasteiger partial charge in [-0.25, -0.2) is 4.79 Å². The molecule has 0 spiro atoms. The maximum atomic E-state index is 13.2. The minimum atomic E-state index is -3.59. The third-order valence-corrected chi connectivity index (χ3v) is 2.08. The van der Waals surface area contributed by atoms with E-state index in [4.69, 9.17) is 0 Å². The molecule has 0 N–H and O–H groups in total. The van der Waals surface area contributed by atoms with Crippen molar-refractivity contribution in [1.82, 2.24) is 0 Å². The van der Waals surface area contributed by atoms with Gasteiger partial charge in [-0.2, -0.15) is 8.78 Å².